The molecule has 0 atom stereocenters. The van der Waals surface area contributed by atoms with E-state index in [0.717, 1.165) is 36.8 Å². The van der Waals surface area contributed by atoms with E-state index in [9.17, 15) is 9.59 Å². The maximum Gasteiger partial charge on any atom is 0.234 e. The molecule has 138 valence electrons. The van der Waals surface area contributed by atoms with E-state index in [2.05, 4.69) is 10.2 Å². The number of nitrogens with zero attached hydrogens (tertiary/aromatic N) is 2. The van der Waals surface area contributed by atoms with Crippen molar-refractivity contribution in [1.82, 2.24) is 15.1 Å². The minimum atomic E-state index is 0.0696. The fourth-order valence-corrected chi connectivity index (χ4v) is 3.62. The summed E-state index contributed by atoms with van der Waals surface area (Å²) in [6.45, 7) is 6.09. The van der Waals surface area contributed by atoms with Crippen molar-refractivity contribution >= 4 is 35.2 Å². The van der Waals surface area contributed by atoms with Crippen molar-refractivity contribution in [2.24, 2.45) is 0 Å². The van der Waals surface area contributed by atoms with Crippen LogP contribution in [0.1, 0.15) is 18.9 Å². The molecule has 0 unspecified atom stereocenters. The molecule has 25 heavy (non-hydrogen) atoms. The van der Waals surface area contributed by atoms with E-state index in [1.165, 1.54) is 5.56 Å². The van der Waals surface area contributed by atoms with Gasteiger partial charge in [0.15, 0.2) is 0 Å². The molecule has 2 rings (SSSR count). The van der Waals surface area contributed by atoms with Crippen LogP contribution in [0.5, 0.6) is 0 Å². The van der Waals surface area contributed by atoms with Gasteiger partial charge < -0.3 is 10.2 Å². The molecule has 7 heteroatoms. The average molecular weight is 384 g/mol. The Morgan fingerprint density at radius 1 is 1.16 bits per heavy atom. The molecule has 0 spiro atoms. The van der Waals surface area contributed by atoms with Gasteiger partial charge in [-0.2, -0.15) is 0 Å². The Kier molecular flexibility index (Phi) is 8.58. The van der Waals surface area contributed by atoms with Crippen molar-refractivity contribution < 1.29 is 9.59 Å². The Bertz CT molecular complexity index is 560. The Balaban J connectivity index is 1.63. The van der Waals surface area contributed by atoms with Crippen LogP contribution in [0, 0.1) is 0 Å². The lowest BCUT2D eigenvalue weighted by atomic mass is 10.2. The number of nitrogens with one attached hydrogen (secondary N) is 1. The van der Waals surface area contributed by atoms with E-state index in [1.807, 2.05) is 36.1 Å². The van der Waals surface area contributed by atoms with Crippen molar-refractivity contribution in [2.45, 2.75) is 19.1 Å². The van der Waals surface area contributed by atoms with Crippen LogP contribution in [0.25, 0.3) is 0 Å². The molecule has 5 nitrogen and oxygen atoms in total. The number of carbonyl (C=O) groups excluding carboxylic acids is 2. The van der Waals surface area contributed by atoms with Crippen LogP contribution in [0.15, 0.2) is 24.3 Å². The molecule has 0 bridgehead atoms. The van der Waals surface area contributed by atoms with Crippen LogP contribution in [-0.4, -0.2) is 66.6 Å². The van der Waals surface area contributed by atoms with Gasteiger partial charge in [-0.15, -0.1) is 11.8 Å². The van der Waals surface area contributed by atoms with Crippen LogP contribution in [0.2, 0.25) is 5.02 Å². The van der Waals surface area contributed by atoms with Crippen LogP contribution in [0.4, 0.5) is 0 Å². The molecule has 1 fully saturated rings. The Morgan fingerprint density at radius 2 is 1.84 bits per heavy atom. The van der Waals surface area contributed by atoms with Crippen LogP contribution in [0.3, 0.4) is 0 Å². The number of carbonyl (C=O) groups is 2. The molecule has 0 radical (unpaired) electrons. The molecule has 0 aliphatic carbocycles. The summed E-state index contributed by atoms with van der Waals surface area (Å²) in [4.78, 5) is 28.0. The van der Waals surface area contributed by atoms with E-state index in [1.54, 1.807) is 11.8 Å². The number of hydrogen-bond donors (Lipinski definition) is 1. The Labute approximate surface area is 159 Å². The first kappa shape index (κ1) is 20.1. The van der Waals surface area contributed by atoms with Gasteiger partial charge in [0.25, 0.3) is 0 Å². The summed E-state index contributed by atoms with van der Waals surface area (Å²) in [5.74, 6) is 1.54. The third-order valence-electron chi connectivity index (χ3n) is 4.07. The van der Waals surface area contributed by atoms with Crippen molar-refractivity contribution in [3.63, 3.8) is 0 Å². The molecule has 2 amide bonds. The number of rotatable bonds is 8. The van der Waals surface area contributed by atoms with E-state index in [-0.39, 0.29) is 11.8 Å². The van der Waals surface area contributed by atoms with Gasteiger partial charge in [0, 0.05) is 43.5 Å². The van der Waals surface area contributed by atoms with Gasteiger partial charge >= 0.3 is 0 Å². The SMILES string of the molecule is CCCNC(=O)CN1CCN(C(=O)CSCc2ccc(Cl)cc2)CC1. The van der Waals surface area contributed by atoms with Gasteiger partial charge in [-0.05, 0) is 24.1 Å². The number of benzene rings is 1. The predicted molar refractivity (Wildman–Crippen MR) is 104 cm³/mol. The predicted octanol–water partition coefficient (Wildman–Crippen LogP) is 2.24. The first-order valence-corrected chi connectivity index (χ1v) is 10.2. The fourth-order valence-electron chi connectivity index (χ4n) is 2.61. The Morgan fingerprint density at radius 3 is 2.48 bits per heavy atom. The maximum absolute atomic E-state index is 12.3. The molecular weight excluding hydrogens is 358 g/mol. The lowest BCUT2D eigenvalue weighted by Crippen LogP contribution is -2.51. The van der Waals surface area contributed by atoms with Crippen molar-refractivity contribution in [2.75, 3.05) is 45.0 Å². The van der Waals surface area contributed by atoms with E-state index >= 15 is 0 Å². The highest BCUT2D eigenvalue weighted by Gasteiger charge is 2.22. The number of thioether (sulfide) groups is 1. The van der Waals surface area contributed by atoms with Gasteiger partial charge in [-0.3, -0.25) is 14.5 Å². The van der Waals surface area contributed by atoms with E-state index < -0.39 is 0 Å². The zero-order valence-corrected chi connectivity index (χ0v) is 16.2. The third-order valence-corrected chi connectivity index (χ3v) is 5.31. The summed E-state index contributed by atoms with van der Waals surface area (Å²) in [5.41, 5.74) is 1.17. The summed E-state index contributed by atoms with van der Waals surface area (Å²) in [6, 6.07) is 7.72. The second kappa shape index (κ2) is 10.7. The highest BCUT2D eigenvalue weighted by molar-refractivity contribution is 7.99. The van der Waals surface area contributed by atoms with Gasteiger partial charge in [-0.25, -0.2) is 0 Å². The van der Waals surface area contributed by atoms with Crippen molar-refractivity contribution in [3.05, 3.63) is 34.9 Å². The van der Waals surface area contributed by atoms with Gasteiger partial charge in [-0.1, -0.05) is 30.7 Å². The Hall–Kier alpha value is -1.24. The lowest BCUT2D eigenvalue weighted by Gasteiger charge is -2.34. The quantitative estimate of drug-likeness (QED) is 0.748. The van der Waals surface area contributed by atoms with Crippen LogP contribution < -0.4 is 5.32 Å². The number of hydrogen-bond acceptors (Lipinski definition) is 4. The minimum absolute atomic E-state index is 0.0696. The van der Waals surface area contributed by atoms with Crippen molar-refractivity contribution in [3.8, 4) is 0 Å². The normalized spacial score (nSPS) is 15.2. The molecule has 1 aliphatic heterocycles. The zero-order valence-electron chi connectivity index (χ0n) is 14.7. The van der Waals surface area contributed by atoms with Crippen molar-refractivity contribution in [1.29, 1.82) is 0 Å². The average Bonchev–Trinajstić information content (AvgIpc) is 2.62. The van der Waals surface area contributed by atoms with Gasteiger partial charge in [0.1, 0.15) is 0 Å². The third kappa shape index (κ3) is 7.26. The highest BCUT2D eigenvalue weighted by Crippen LogP contribution is 2.16. The topological polar surface area (TPSA) is 52.7 Å². The number of amides is 2. The monoisotopic (exact) mass is 383 g/mol. The second-order valence-corrected chi connectivity index (χ2v) is 7.55. The van der Waals surface area contributed by atoms with Crippen LogP contribution in [-0.2, 0) is 15.3 Å². The minimum Gasteiger partial charge on any atom is -0.355 e. The molecule has 1 aliphatic rings. The molecule has 1 aromatic rings. The molecule has 1 N–H and O–H groups in total. The highest BCUT2D eigenvalue weighted by atomic mass is 35.5. The molecule has 0 saturated carbocycles. The maximum atomic E-state index is 12.3. The summed E-state index contributed by atoms with van der Waals surface area (Å²) >= 11 is 7.49. The van der Waals surface area contributed by atoms with Crippen LogP contribution >= 0.6 is 23.4 Å². The summed E-state index contributed by atoms with van der Waals surface area (Å²) < 4.78 is 0. The van der Waals surface area contributed by atoms with Gasteiger partial charge in [0.2, 0.25) is 11.8 Å². The summed E-state index contributed by atoms with van der Waals surface area (Å²) in [5, 5.41) is 3.62. The fraction of sp³-hybridized carbons (Fsp3) is 0.556. The molecule has 0 aromatic heterocycles. The molecule has 1 heterocycles. The first-order chi connectivity index (χ1) is 12.1. The largest absolute Gasteiger partial charge is 0.355 e. The standard InChI is InChI=1S/C18H26ClN3O2S/c1-2-7-20-17(23)12-21-8-10-22(11-9-21)18(24)14-25-13-15-3-5-16(19)6-4-15/h3-6H,2,7-14H2,1H3,(H,20,23). The summed E-state index contributed by atoms with van der Waals surface area (Å²) in [7, 11) is 0. The zero-order chi connectivity index (χ0) is 18.1. The number of piperazine rings is 1. The van der Waals surface area contributed by atoms with Gasteiger partial charge in [0.05, 0.1) is 12.3 Å². The first-order valence-electron chi connectivity index (χ1n) is 8.67. The van der Waals surface area contributed by atoms with E-state index in [4.69, 9.17) is 11.6 Å². The van der Waals surface area contributed by atoms with E-state index in [0.29, 0.717) is 25.4 Å². The molecule has 1 aromatic carbocycles. The molecular formula is C18H26ClN3O2S. The summed E-state index contributed by atoms with van der Waals surface area (Å²) in [6.07, 6.45) is 0.946. The lowest BCUT2D eigenvalue weighted by molar-refractivity contribution is -0.130. The second-order valence-electron chi connectivity index (χ2n) is 6.13. The molecule has 1 saturated heterocycles. The number of halogens is 1. The smallest absolute Gasteiger partial charge is 0.234 e.